The molecule has 0 aliphatic carbocycles. The van der Waals surface area contributed by atoms with E-state index in [0.717, 1.165) is 30.1 Å². The summed E-state index contributed by atoms with van der Waals surface area (Å²) in [6.45, 7) is 2.34. The first-order chi connectivity index (χ1) is 8.22. The van der Waals surface area contributed by atoms with Gasteiger partial charge in [0.05, 0.1) is 12.6 Å². The van der Waals surface area contributed by atoms with Crippen molar-refractivity contribution in [3.8, 4) is 0 Å². The van der Waals surface area contributed by atoms with E-state index < -0.39 is 6.10 Å². The lowest BCUT2D eigenvalue weighted by Crippen LogP contribution is -2.23. The molecular formula is C13H19N3O. The number of likely N-dealkylation sites (N-methyl/N-ethyl adjacent to an activating group) is 1. The lowest BCUT2D eigenvalue weighted by Gasteiger charge is -2.15. The molecule has 0 spiro atoms. The third-order valence-electron chi connectivity index (χ3n) is 3.05. The van der Waals surface area contributed by atoms with Crippen LogP contribution in [0.5, 0.6) is 0 Å². The number of benzene rings is 1. The van der Waals surface area contributed by atoms with Gasteiger partial charge in [-0.15, -0.1) is 0 Å². The molecule has 1 aromatic rings. The largest absolute Gasteiger partial charge is 0.388 e. The van der Waals surface area contributed by atoms with E-state index in [1.807, 2.05) is 31.3 Å². The van der Waals surface area contributed by atoms with Crippen molar-refractivity contribution in [3.05, 3.63) is 35.4 Å². The summed E-state index contributed by atoms with van der Waals surface area (Å²) >= 11 is 0. The minimum absolute atomic E-state index is 0.461. The molecule has 3 N–H and O–H groups in total. The van der Waals surface area contributed by atoms with Crippen LogP contribution in [0.2, 0.25) is 0 Å². The van der Waals surface area contributed by atoms with Crippen LogP contribution in [0.3, 0.4) is 0 Å². The maximum absolute atomic E-state index is 9.81. The Morgan fingerprint density at radius 1 is 1.41 bits per heavy atom. The Labute approximate surface area is 102 Å². The maximum atomic E-state index is 9.81. The van der Waals surface area contributed by atoms with Gasteiger partial charge >= 0.3 is 0 Å². The molecule has 92 valence electrons. The molecule has 0 radical (unpaired) electrons. The van der Waals surface area contributed by atoms with Crippen molar-refractivity contribution in [1.29, 1.82) is 0 Å². The van der Waals surface area contributed by atoms with E-state index in [9.17, 15) is 5.11 Å². The van der Waals surface area contributed by atoms with Crippen LogP contribution < -0.4 is 5.73 Å². The first-order valence-electron chi connectivity index (χ1n) is 5.96. The Bertz CT molecular complexity index is 400. The van der Waals surface area contributed by atoms with Crippen LogP contribution in [0, 0.1) is 0 Å². The number of nitrogens with two attached hydrogens (primary N) is 1. The minimum atomic E-state index is -0.461. The predicted molar refractivity (Wildman–Crippen MR) is 69.1 cm³/mol. The van der Waals surface area contributed by atoms with Crippen LogP contribution in [-0.2, 0) is 0 Å². The van der Waals surface area contributed by atoms with Crippen molar-refractivity contribution in [2.45, 2.75) is 12.5 Å². The standard InChI is InChI=1S/C13H19N3O/c1-16-9-8-15-13(16)11-4-2-10(3-5-11)12(17)6-7-14/h2-5,12,17H,6-9,14H2,1H3. The van der Waals surface area contributed by atoms with Crippen LogP contribution in [0.15, 0.2) is 29.3 Å². The summed E-state index contributed by atoms with van der Waals surface area (Å²) in [4.78, 5) is 6.60. The second-order valence-corrected chi connectivity index (χ2v) is 4.34. The van der Waals surface area contributed by atoms with Crippen molar-refractivity contribution in [2.75, 3.05) is 26.7 Å². The van der Waals surface area contributed by atoms with E-state index in [-0.39, 0.29) is 0 Å². The Morgan fingerprint density at radius 3 is 2.65 bits per heavy atom. The fourth-order valence-corrected chi connectivity index (χ4v) is 2.02. The molecule has 2 rings (SSSR count). The van der Waals surface area contributed by atoms with E-state index in [1.54, 1.807) is 0 Å². The third kappa shape index (κ3) is 2.65. The molecule has 0 saturated carbocycles. The molecule has 1 aliphatic heterocycles. The number of rotatable bonds is 4. The van der Waals surface area contributed by atoms with Gasteiger partial charge < -0.3 is 15.7 Å². The number of amidine groups is 1. The van der Waals surface area contributed by atoms with Gasteiger partial charge in [-0.05, 0) is 18.5 Å². The molecule has 0 saturated heterocycles. The van der Waals surface area contributed by atoms with E-state index in [1.165, 1.54) is 0 Å². The normalized spacial score (nSPS) is 17.1. The van der Waals surface area contributed by atoms with E-state index >= 15 is 0 Å². The van der Waals surface area contributed by atoms with Crippen molar-refractivity contribution < 1.29 is 5.11 Å². The number of aliphatic hydroxyl groups is 1. The zero-order valence-electron chi connectivity index (χ0n) is 10.1. The molecule has 1 aromatic carbocycles. The van der Waals surface area contributed by atoms with E-state index in [4.69, 9.17) is 5.73 Å². The smallest absolute Gasteiger partial charge is 0.130 e. The molecule has 17 heavy (non-hydrogen) atoms. The summed E-state index contributed by atoms with van der Waals surface area (Å²) in [7, 11) is 2.04. The summed E-state index contributed by atoms with van der Waals surface area (Å²) < 4.78 is 0. The molecule has 1 atom stereocenters. The lowest BCUT2D eigenvalue weighted by atomic mass is 10.0. The van der Waals surface area contributed by atoms with E-state index in [2.05, 4.69) is 9.89 Å². The SMILES string of the molecule is CN1CCN=C1c1ccc(C(O)CCN)cc1. The van der Waals surface area contributed by atoms with Crippen molar-refractivity contribution in [3.63, 3.8) is 0 Å². The zero-order chi connectivity index (χ0) is 12.3. The quantitative estimate of drug-likeness (QED) is 0.807. The summed E-state index contributed by atoms with van der Waals surface area (Å²) in [5.41, 5.74) is 7.45. The highest BCUT2D eigenvalue weighted by Gasteiger charge is 2.14. The monoisotopic (exact) mass is 233 g/mol. The molecule has 1 aliphatic rings. The second kappa shape index (κ2) is 5.29. The number of aliphatic hydroxyl groups excluding tert-OH is 1. The van der Waals surface area contributed by atoms with Gasteiger partial charge in [-0.2, -0.15) is 0 Å². The number of aliphatic imine (C=N–C) groups is 1. The molecule has 1 unspecified atom stereocenters. The van der Waals surface area contributed by atoms with Crippen LogP contribution >= 0.6 is 0 Å². The van der Waals surface area contributed by atoms with Crippen LogP contribution in [0.1, 0.15) is 23.7 Å². The number of nitrogens with zero attached hydrogens (tertiary/aromatic N) is 2. The molecule has 4 heteroatoms. The van der Waals surface area contributed by atoms with Crippen molar-refractivity contribution >= 4 is 5.84 Å². The Balaban J connectivity index is 2.13. The molecule has 0 amide bonds. The first-order valence-corrected chi connectivity index (χ1v) is 5.96. The predicted octanol–water partition coefficient (Wildman–Crippen LogP) is 0.761. The molecule has 1 heterocycles. The van der Waals surface area contributed by atoms with E-state index in [0.29, 0.717) is 13.0 Å². The van der Waals surface area contributed by atoms with Gasteiger partial charge in [0.1, 0.15) is 5.84 Å². The van der Waals surface area contributed by atoms with Gasteiger partial charge in [0.15, 0.2) is 0 Å². The summed E-state index contributed by atoms with van der Waals surface area (Å²) in [5, 5.41) is 9.81. The number of hydrogen-bond acceptors (Lipinski definition) is 4. The first kappa shape index (κ1) is 12.1. The van der Waals surface area contributed by atoms with Crippen LogP contribution in [0.4, 0.5) is 0 Å². The molecule has 4 nitrogen and oxygen atoms in total. The minimum Gasteiger partial charge on any atom is -0.388 e. The summed E-state index contributed by atoms with van der Waals surface area (Å²) in [5.74, 6) is 1.03. The highest BCUT2D eigenvalue weighted by molar-refractivity contribution is 5.99. The number of hydrogen-bond donors (Lipinski definition) is 2. The van der Waals surface area contributed by atoms with Crippen molar-refractivity contribution in [1.82, 2.24) is 4.90 Å². The average Bonchev–Trinajstić information content (AvgIpc) is 2.76. The van der Waals surface area contributed by atoms with Gasteiger partial charge in [-0.3, -0.25) is 4.99 Å². The van der Waals surface area contributed by atoms with Gasteiger partial charge in [-0.25, -0.2) is 0 Å². The van der Waals surface area contributed by atoms with Gasteiger partial charge in [-0.1, -0.05) is 24.3 Å². The third-order valence-corrected chi connectivity index (χ3v) is 3.05. The summed E-state index contributed by atoms with van der Waals surface area (Å²) in [6, 6.07) is 7.92. The van der Waals surface area contributed by atoms with Crippen molar-refractivity contribution in [2.24, 2.45) is 10.7 Å². The molecule has 0 fully saturated rings. The maximum Gasteiger partial charge on any atom is 0.130 e. The topological polar surface area (TPSA) is 61.8 Å². The fourth-order valence-electron chi connectivity index (χ4n) is 2.02. The van der Waals surface area contributed by atoms with Gasteiger partial charge in [0, 0.05) is 19.2 Å². The van der Waals surface area contributed by atoms with Crippen LogP contribution in [-0.4, -0.2) is 42.5 Å². The Kier molecular flexibility index (Phi) is 3.76. The van der Waals surface area contributed by atoms with Gasteiger partial charge in [0.25, 0.3) is 0 Å². The Hall–Kier alpha value is -1.39. The fraction of sp³-hybridized carbons (Fsp3) is 0.462. The Morgan fingerprint density at radius 2 is 2.12 bits per heavy atom. The van der Waals surface area contributed by atoms with Crippen LogP contribution in [0.25, 0.3) is 0 Å². The molecular weight excluding hydrogens is 214 g/mol. The molecule has 0 bridgehead atoms. The lowest BCUT2D eigenvalue weighted by molar-refractivity contribution is 0.170. The summed E-state index contributed by atoms with van der Waals surface area (Å²) in [6.07, 6.45) is 0.137. The highest BCUT2D eigenvalue weighted by Crippen LogP contribution is 2.18. The average molecular weight is 233 g/mol. The highest BCUT2D eigenvalue weighted by atomic mass is 16.3. The van der Waals surface area contributed by atoms with Gasteiger partial charge in [0.2, 0.25) is 0 Å². The molecule has 0 aromatic heterocycles. The zero-order valence-corrected chi connectivity index (χ0v) is 10.1. The second-order valence-electron chi connectivity index (χ2n) is 4.34.